The number of carbonyl (C=O) groups is 2. The SMILES string of the molecule is CC(=O)Nc1ccc(C)n(CC(=O)NC2CCCCCC2)c1=O. The lowest BCUT2D eigenvalue weighted by Gasteiger charge is -2.18. The van der Waals surface area contributed by atoms with Gasteiger partial charge in [0.2, 0.25) is 11.8 Å². The van der Waals surface area contributed by atoms with Crippen LogP contribution in [-0.4, -0.2) is 22.4 Å². The standard InChI is InChI=1S/C17H25N3O3/c1-12-9-10-15(18-13(2)21)17(23)20(12)11-16(22)19-14-7-5-3-4-6-8-14/h9-10,14H,3-8,11H2,1-2H3,(H,18,21)(H,19,22). The van der Waals surface area contributed by atoms with Crippen LogP contribution in [0.2, 0.25) is 0 Å². The van der Waals surface area contributed by atoms with Crippen LogP contribution in [0.15, 0.2) is 16.9 Å². The molecule has 23 heavy (non-hydrogen) atoms. The maximum absolute atomic E-state index is 12.4. The smallest absolute Gasteiger partial charge is 0.274 e. The van der Waals surface area contributed by atoms with Crippen LogP contribution in [0.25, 0.3) is 0 Å². The van der Waals surface area contributed by atoms with Crippen molar-refractivity contribution in [1.29, 1.82) is 0 Å². The van der Waals surface area contributed by atoms with Crippen molar-refractivity contribution in [3.63, 3.8) is 0 Å². The summed E-state index contributed by atoms with van der Waals surface area (Å²) in [5.74, 6) is -0.456. The van der Waals surface area contributed by atoms with E-state index < -0.39 is 0 Å². The highest BCUT2D eigenvalue weighted by atomic mass is 16.2. The van der Waals surface area contributed by atoms with Gasteiger partial charge in [0.15, 0.2) is 0 Å². The molecule has 2 N–H and O–H groups in total. The molecule has 1 aromatic rings. The van der Waals surface area contributed by atoms with Gasteiger partial charge in [-0.25, -0.2) is 0 Å². The van der Waals surface area contributed by atoms with Crippen LogP contribution in [0, 0.1) is 6.92 Å². The van der Waals surface area contributed by atoms with Crippen molar-refractivity contribution >= 4 is 17.5 Å². The Labute approximate surface area is 136 Å². The fourth-order valence-electron chi connectivity index (χ4n) is 2.99. The topological polar surface area (TPSA) is 80.2 Å². The number of amides is 2. The Morgan fingerprint density at radius 2 is 1.83 bits per heavy atom. The lowest BCUT2D eigenvalue weighted by molar-refractivity contribution is -0.122. The van der Waals surface area contributed by atoms with E-state index in [2.05, 4.69) is 10.6 Å². The van der Waals surface area contributed by atoms with Gasteiger partial charge in [0.05, 0.1) is 0 Å². The van der Waals surface area contributed by atoms with Gasteiger partial charge in [-0.05, 0) is 31.9 Å². The molecule has 0 radical (unpaired) electrons. The van der Waals surface area contributed by atoms with Crippen LogP contribution in [0.1, 0.15) is 51.1 Å². The zero-order chi connectivity index (χ0) is 16.8. The predicted octanol–water partition coefficient (Wildman–Crippen LogP) is 1.95. The number of rotatable bonds is 4. The molecule has 0 unspecified atom stereocenters. The van der Waals surface area contributed by atoms with E-state index in [0.717, 1.165) is 25.7 Å². The van der Waals surface area contributed by atoms with E-state index in [1.165, 1.54) is 24.3 Å². The summed E-state index contributed by atoms with van der Waals surface area (Å²) in [5, 5.41) is 5.54. The molecule has 1 aromatic heterocycles. The molecule has 126 valence electrons. The summed E-state index contributed by atoms with van der Waals surface area (Å²) in [4.78, 5) is 35.8. The first-order valence-corrected chi connectivity index (χ1v) is 8.25. The zero-order valence-corrected chi connectivity index (χ0v) is 13.9. The molecule has 0 saturated heterocycles. The molecule has 0 aromatic carbocycles. The molecule has 1 heterocycles. The van der Waals surface area contributed by atoms with Crippen molar-refractivity contribution in [2.45, 2.75) is 65.0 Å². The van der Waals surface area contributed by atoms with Gasteiger partial charge in [-0.15, -0.1) is 0 Å². The Morgan fingerprint density at radius 1 is 1.17 bits per heavy atom. The summed E-state index contributed by atoms with van der Waals surface area (Å²) in [6.45, 7) is 3.11. The molecule has 1 aliphatic carbocycles. The number of carbonyl (C=O) groups excluding carboxylic acids is 2. The first-order chi connectivity index (χ1) is 11.0. The molecule has 6 heteroatoms. The lowest BCUT2D eigenvalue weighted by Crippen LogP contribution is -2.39. The number of nitrogens with one attached hydrogen (secondary N) is 2. The molecular weight excluding hydrogens is 294 g/mol. The molecule has 0 atom stereocenters. The summed E-state index contributed by atoms with van der Waals surface area (Å²) in [5.41, 5.74) is 0.543. The number of anilines is 1. The van der Waals surface area contributed by atoms with E-state index >= 15 is 0 Å². The average Bonchev–Trinajstić information content (AvgIpc) is 2.75. The van der Waals surface area contributed by atoms with Crippen LogP contribution in [0.4, 0.5) is 5.69 Å². The molecule has 6 nitrogen and oxygen atoms in total. The van der Waals surface area contributed by atoms with Gasteiger partial charge < -0.3 is 15.2 Å². The summed E-state index contributed by atoms with van der Waals surface area (Å²) >= 11 is 0. The van der Waals surface area contributed by atoms with E-state index in [1.807, 2.05) is 0 Å². The van der Waals surface area contributed by atoms with E-state index in [1.54, 1.807) is 19.1 Å². The number of nitrogens with zero attached hydrogens (tertiary/aromatic N) is 1. The second-order valence-electron chi connectivity index (χ2n) is 6.22. The van der Waals surface area contributed by atoms with Crippen molar-refractivity contribution in [2.75, 3.05) is 5.32 Å². The van der Waals surface area contributed by atoms with Crippen LogP contribution < -0.4 is 16.2 Å². The number of aryl methyl sites for hydroxylation is 1. The largest absolute Gasteiger partial charge is 0.352 e. The molecule has 1 fully saturated rings. The quantitative estimate of drug-likeness (QED) is 0.833. The monoisotopic (exact) mass is 319 g/mol. The van der Waals surface area contributed by atoms with Gasteiger partial charge in [-0.3, -0.25) is 14.4 Å². The fourth-order valence-corrected chi connectivity index (χ4v) is 2.99. The highest BCUT2D eigenvalue weighted by Crippen LogP contribution is 2.17. The maximum Gasteiger partial charge on any atom is 0.274 e. The summed E-state index contributed by atoms with van der Waals surface area (Å²) < 4.78 is 1.40. The van der Waals surface area contributed by atoms with Crippen LogP contribution >= 0.6 is 0 Å². The van der Waals surface area contributed by atoms with Gasteiger partial charge in [-0.2, -0.15) is 0 Å². The minimum absolute atomic E-state index is 0.0193. The molecule has 1 saturated carbocycles. The molecule has 0 aliphatic heterocycles. The van der Waals surface area contributed by atoms with Crippen molar-refractivity contribution in [3.8, 4) is 0 Å². The third-order valence-corrected chi connectivity index (χ3v) is 4.23. The Balaban J connectivity index is 2.07. The third-order valence-electron chi connectivity index (χ3n) is 4.23. The number of hydrogen-bond acceptors (Lipinski definition) is 3. The normalized spacial score (nSPS) is 15.7. The maximum atomic E-state index is 12.4. The van der Waals surface area contributed by atoms with Gasteiger partial charge in [-0.1, -0.05) is 25.7 Å². The highest BCUT2D eigenvalue weighted by Gasteiger charge is 2.16. The molecule has 2 rings (SSSR count). The third kappa shape index (κ3) is 4.94. The van der Waals surface area contributed by atoms with Gasteiger partial charge >= 0.3 is 0 Å². The zero-order valence-electron chi connectivity index (χ0n) is 13.9. The van der Waals surface area contributed by atoms with Gasteiger partial charge in [0, 0.05) is 18.7 Å². The van der Waals surface area contributed by atoms with Crippen molar-refractivity contribution < 1.29 is 9.59 Å². The molecule has 0 bridgehead atoms. The summed E-state index contributed by atoms with van der Waals surface area (Å²) in [7, 11) is 0. The first-order valence-electron chi connectivity index (χ1n) is 8.25. The predicted molar refractivity (Wildman–Crippen MR) is 89.4 cm³/mol. The number of aromatic nitrogens is 1. The Morgan fingerprint density at radius 3 is 2.43 bits per heavy atom. The second kappa shape index (κ2) is 7.94. The van der Waals surface area contributed by atoms with Crippen LogP contribution in [-0.2, 0) is 16.1 Å². The van der Waals surface area contributed by atoms with Crippen LogP contribution in [0.3, 0.4) is 0 Å². The molecule has 1 aliphatic rings. The fraction of sp³-hybridized carbons (Fsp3) is 0.588. The minimum Gasteiger partial charge on any atom is -0.352 e. The molecular formula is C17H25N3O3. The Bertz CT molecular complexity index is 628. The van der Waals surface area contributed by atoms with Crippen molar-refractivity contribution in [2.24, 2.45) is 0 Å². The van der Waals surface area contributed by atoms with E-state index in [4.69, 9.17) is 0 Å². The highest BCUT2D eigenvalue weighted by molar-refractivity contribution is 5.88. The van der Waals surface area contributed by atoms with Gasteiger partial charge in [0.1, 0.15) is 12.2 Å². The number of pyridine rings is 1. The van der Waals surface area contributed by atoms with E-state index in [0.29, 0.717) is 5.69 Å². The average molecular weight is 319 g/mol. The van der Waals surface area contributed by atoms with Crippen LogP contribution in [0.5, 0.6) is 0 Å². The lowest BCUT2D eigenvalue weighted by atomic mass is 10.1. The van der Waals surface area contributed by atoms with E-state index in [-0.39, 0.29) is 35.6 Å². The Kier molecular flexibility index (Phi) is 5.96. The van der Waals surface area contributed by atoms with Gasteiger partial charge in [0.25, 0.3) is 5.56 Å². The molecule has 0 spiro atoms. The second-order valence-corrected chi connectivity index (χ2v) is 6.22. The first kappa shape index (κ1) is 17.2. The minimum atomic E-state index is -0.351. The number of hydrogen-bond donors (Lipinski definition) is 2. The molecule has 2 amide bonds. The Hall–Kier alpha value is -2.11. The van der Waals surface area contributed by atoms with E-state index in [9.17, 15) is 14.4 Å². The van der Waals surface area contributed by atoms with Crippen molar-refractivity contribution in [1.82, 2.24) is 9.88 Å². The summed E-state index contributed by atoms with van der Waals surface area (Å²) in [6, 6.07) is 3.50. The summed E-state index contributed by atoms with van der Waals surface area (Å²) in [6.07, 6.45) is 6.74. The van der Waals surface area contributed by atoms with Crippen molar-refractivity contribution in [3.05, 3.63) is 28.2 Å².